The van der Waals surface area contributed by atoms with Crippen molar-refractivity contribution in [3.8, 4) is 0 Å². The van der Waals surface area contributed by atoms with E-state index < -0.39 is 5.24 Å². The third-order valence-electron chi connectivity index (χ3n) is 3.24. The summed E-state index contributed by atoms with van der Waals surface area (Å²) in [5.74, 6) is -0.0488. The maximum atomic E-state index is 12.4. The predicted octanol–water partition coefficient (Wildman–Crippen LogP) is 2.65. The lowest BCUT2D eigenvalue weighted by molar-refractivity contribution is 0.103. The van der Waals surface area contributed by atoms with Crippen LogP contribution in [0.4, 0.5) is 0 Å². The summed E-state index contributed by atoms with van der Waals surface area (Å²) in [5.41, 5.74) is 2.66. The van der Waals surface area contributed by atoms with Crippen LogP contribution in [-0.4, -0.2) is 15.6 Å². The number of fused-ring (bicyclic) bond motifs is 2. The van der Waals surface area contributed by atoms with Crippen LogP contribution in [-0.2, 0) is 13.0 Å². The Bertz CT molecular complexity index is 658. The summed E-state index contributed by atoms with van der Waals surface area (Å²) in [7, 11) is 0. The van der Waals surface area contributed by atoms with Gasteiger partial charge in [-0.1, -0.05) is 24.3 Å². The number of hydrogen-bond acceptors (Lipinski definition) is 2. The predicted molar refractivity (Wildman–Crippen MR) is 68.2 cm³/mol. The Labute approximate surface area is 109 Å². The number of ketones is 1. The number of carbonyl (C=O) groups is 2. The molecule has 1 aliphatic heterocycles. The minimum Gasteiger partial charge on any atom is -0.344 e. The fraction of sp³-hybridized carbons (Fsp3) is 0.143. The molecule has 0 saturated carbocycles. The molecule has 0 bridgehead atoms. The maximum Gasteiger partial charge on any atom is 0.253 e. The van der Waals surface area contributed by atoms with Crippen molar-refractivity contribution in [3.05, 3.63) is 58.9 Å². The molecule has 18 heavy (non-hydrogen) atoms. The number of hydrogen-bond donors (Lipinski definition) is 0. The van der Waals surface area contributed by atoms with E-state index in [4.69, 9.17) is 11.6 Å². The van der Waals surface area contributed by atoms with Gasteiger partial charge in [0.05, 0.1) is 11.3 Å². The van der Waals surface area contributed by atoms with Crippen LogP contribution in [0.3, 0.4) is 0 Å². The number of benzene rings is 1. The Morgan fingerprint density at radius 2 is 2.06 bits per heavy atom. The van der Waals surface area contributed by atoms with Gasteiger partial charge in [0, 0.05) is 18.3 Å². The molecule has 0 aliphatic carbocycles. The van der Waals surface area contributed by atoms with Gasteiger partial charge in [-0.3, -0.25) is 9.59 Å². The number of carbonyl (C=O) groups excluding carboxylic acids is 2. The Morgan fingerprint density at radius 3 is 2.83 bits per heavy atom. The molecular formula is C14H10ClNO2. The molecular weight excluding hydrogens is 250 g/mol. The van der Waals surface area contributed by atoms with Gasteiger partial charge in [-0.25, -0.2) is 0 Å². The van der Waals surface area contributed by atoms with Crippen LogP contribution in [0.5, 0.6) is 0 Å². The standard InChI is InChI=1S/C14H10ClNO2/c15-14(18)10-7-12-13(17)11-4-2-1-3-9(11)5-6-16(12)8-10/h1-4,7-8H,5-6H2. The summed E-state index contributed by atoms with van der Waals surface area (Å²) in [6.07, 6.45) is 2.42. The highest BCUT2D eigenvalue weighted by Gasteiger charge is 2.22. The number of nitrogens with zero attached hydrogens (tertiary/aromatic N) is 1. The molecule has 1 aliphatic rings. The normalized spacial score (nSPS) is 13.7. The third kappa shape index (κ3) is 1.68. The van der Waals surface area contributed by atoms with Crippen molar-refractivity contribution >= 4 is 22.6 Å². The van der Waals surface area contributed by atoms with Crippen molar-refractivity contribution in [2.75, 3.05) is 0 Å². The van der Waals surface area contributed by atoms with Gasteiger partial charge in [-0.05, 0) is 29.7 Å². The Morgan fingerprint density at radius 1 is 1.28 bits per heavy atom. The summed E-state index contributed by atoms with van der Waals surface area (Å²) in [5, 5.41) is -0.531. The molecule has 4 heteroatoms. The Kier molecular flexibility index (Phi) is 2.56. The number of rotatable bonds is 1. The van der Waals surface area contributed by atoms with Crippen LogP contribution >= 0.6 is 11.6 Å². The van der Waals surface area contributed by atoms with Gasteiger partial charge in [0.15, 0.2) is 0 Å². The summed E-state index contributed by atoms with van der Waals surface area (Å²) in [6.45, 7) is 0.683. The van der Waals surface area contributed by atoms with Crippen LogP contribution in [0.1, 0.15) is 32.0 Å². The van der Waals surface area contributed by atoms with Crippen molar-refractivity contribution in [2.24, 2.45) is 0 Å². The molecule has 3 nitrogen and oxygen atoms in total. The zero-order valence-corrected chi connectivity index (χ0v) is 10.3. The molecule has 0 amide bonds. The highest BCUT2D eigenvalue weighted by Crippen LogP contribution is 2.22. The van der Waals surface area contributed by atoms with E-state index in [1.807, 2.05) is 24.3 Å². The second-order valence-corrected chi connectivity index (χ2v) is 4.66. The summed E-state index contributed by atoms with van der Waals surface area (Å²) in [4.78, 5) is 23.5. The first-order valence-corrected chi connectivity index (χ1v) is 6.07. The molecule has 0 unspecified atom stereocenters. The van der Waals surface area contributed by atoms with E-state index in [1.54, 1.807) is 16.8 Å². The third-order valence-corrected chi connectivity index (χ3v) is 3.46. The maximum absolute atomic E-state index is 12.4. The minimum atomic E-state index is -0.531. The monoisotopic (exact) mass is 259 g/mol. The lowest BCUT2D eigenvalue weighted by Crippen LogP contribution is -2.06. The van der Waals surface area contributed by atoms with Crippen molar-refractivity contribution in [1.29, 1.82) is 0 Å². The zero-order valence-electron chi connectivity index (χ0n) is 9.52. The molecule has 90 valence electrons. The zero-order chi connectivity index (χ0) is 12.7. The van der Waals surface area contributed by atoms with Crippen LogP contribution < -0.4 is 0 Å². The van der Waals surface area contributed by atoms with Crippen molar-refractivity contribution in [3.63, 3.8) is 0 Å². The molecule has 0 fully saturated rings. The largest absolute Gasteiger partial charge is 0.344 e. The number of halogens is 1. The fourth-order valence-electron chi connectivity index (χ4n) is 2.33. The molecule has 3 rings (SSSR count). The molecule has 0 radical (unpaired) electrons. The van der Waals surface area contributed by atoms with Crippen molar-refractivity contribution in [1.82, 2.24) is 4.57 Å². The van der Waals surface area contributed by atoms with E-state index in [2.05, 4.69) is 0 Å². The molecule has 1 aromatic heterocycles. The molecule has 2 aromatic rings. The average Bonchev–Trinajstić information content (AvgIpc) is 2.75. The fourth-order valence-corrected chi connectivity index (χ4v) is 2.44. The van der Waals surface area contributed by atoms with Gasteiger partial charge in [0.2, 0.25) is 5.78 Å². The average molecular weight is 260 g/mol. The molecule has 1 aromatic carbocycles. The topological polar surface area (TPSA) is 39.1 Å². The van der Waals surface area contributed by atoms with Crippen molar-refractivity contribution < 1.29 is 9.59 Å². The van der Waals surface area contributed by atoms with Gasteiger partial charge < -0.3 is 4.57 Å². The minimum absolute atomic E-state index is 0.0488. The second-order valence-electron chi connectivity index (χ2n) is 4.32. The van der Waals surface area contributed by atoms with Gasteiger partial charge >= 0.3 is 0 Å². The first kappa shape index (κ1) is 11.2. The molecule has 2 heterocycles. The highest BCUT2D eigenvalue weighted by molar-refractivity contribution is 6.67. The van der Waals surface area contributed by atoms with Gasteiger partial charge in [0.1, 0.15) is 0 Å². The Hall–Kier alpha value is -1.87. The van der Waals surface area contributed by atoms with E-state index in [9.17, 15) is 9.59 Å². The lowest BCUT2D eigenvalue weighted by Gasteiger charge is -2.01. The highest BCUT2D eigenvalue weighted by atomic mass is 35.5. The summed E-state index contributed by atoms with van der Waals surface area (Å²) < 4.78 is 1.80. The number of aromatic nitrogens is 1. The second kappa shape index (κ2) is 4.10. The first-order valence-electron chi connectivity index (χ1n) is 5.69. The van der Waals surface area contributed by atoms with Crippen LogP contribution in [0, 0.1) is 0 Å². The molecule has 0 N–H and O–H groups in total. The Balaban J connectivity index is 2.15. The van der Waals surface area contributed by atoms with Crippen LogP contribution in [0.25, 0.3) is 0 Å². The first-order chi connectivity index (χ1) is 8.66. The van der Waals surface area contributed by atoms with Crippen molar-refractivity contribution in [2.45, 2.75) is 13.0 Å². The summed E-state index contributed by atoms with van der Waals surface area (Å²) in [6, 6.07) is 9.14. The van der Waals surface area contributed by atoms with E-state index in [1.165, 1.54) is 0 Å². The SMILES string of the molecule is O=C(Cl)c1cc2n(c1)CCc1ccccc1C2=O. The van der Waals surface area contributed by atoms with Crippen LogP contribution in [0.15, 0.2) is 36.5 Å². The van der Waals surface area contributed by atoms with E-state index in [-0.39, 0.29) is 5.78 Å². The van der Waals surface area contributed by atoms with Gasteiger partial charge in [-0.15, -0.1) is 0 Å². The lowest BCUT2D eigenvalue weighted by atomic mass is 10.0. The van der Waals surface area contributed by atoms with E-state index in [0.29, 0.717) is 23.4 Å². The molecule has 0 saturated heterocycles. The van der Waals surface area contributed by atoms with E-state index in [0.717, 1.165) is 12.0 Å². The van der Waals surface area contributed by atoms with Gasteiger partial charge in [0.25, 0.3) is 5.24 Å². The van der Waals surface area contributed by atoms with Crippen LogP contribution in [0.2, 0.25) is 0 Å². The summed E-state index contributed by atoms with van der Waals surface area (Å²) >= 11 is 5.45. The van der Waals surface area contributed by atoms with E-state index >= 15 is 0 Å². The molecule has 0 spiro atoms. The van der Waals surface area contributed by atoms with Gasteiger partial charge in [-0.2, -0.15) is 0 Å². The molecule has 0 atom stereocenters. The quantitative estimate of drug-likeness (QED) is 0.739. The smallest absolute Gasteiger partial charge is 0.253 e. The number of aryl methyl sites for hydroxylation is 2.